The molecule has 1 aromatic rings. The molecule has 1 N–H and O–H groups in total. The van der Waals surface area contributed by atoms with E-state index < -0.39 is 0 Å². The summed E-state index contributed by atoms with van der Waals surface area (Å²) in [6.45, 7) is 2.91. The SMILES string of the molecule is CSCCCCNc1cc(F)ccc1C. The molecule has 0 fully saturated rings. The minimum Gasteiger partial charge on any atom is -0.385 e. The molecule has 0 radical (unpaired) electrons. The zero-order chi connectivity index (χ0) is 11.1. The third kappa shape index (κ3) is 4.56. The number of aryl methyl sites for hydroxylation is 1. The number of rotatable bonds is 6. The van der Waals surface area contributed by atoms with Crippen LogP contribution in [0.5, 0.6) is 0 Å². The van der Waals surface area contributed by atoms with Gasteiger partial charge in [-0.25, -0.2) is 4.39 Å². The Morgan fingerprint density at radius 2 is 2.13 bits per heavy atom. The molecule has 0 aliphatic rings. The van der Waals surface area contributed by atoms with E-state index in [0.717, 1.165) is 24.2 Å². The van der Waals surface area contributed by atoms with Gasteiger partial charge in [0.05, 0.1) is 0 Å². The van der Waals surface area contributed by atoms with Crippen LogP contribution in [0.25, 0.3) is 0 Å². The quantitative estimate of drug-likeness (QED) is 0.744. The number of hydrogen-bond donors (Lipinski definition) is 1. The summed E-state index contributed by atoms with van der Waals surface area (Å²) in [7, 11) is 0. The standard InChI is InChI=1S/C12H18FNS/c1-10-5-6-11(13)9-12(10)14-7-3-4-8-15-2/h5-6,9,14H,3-4,7-8H2,1-2H3. The van der Waals surface area contributed by atoms with E-state index in [1.807, 2.05) is 18.7 Å². The van der Waals surface area contributed by atoms with Crippen LogP contribution in [-0.4, -0.2) is 18.6 Å². The fraction of sp³-hybridized carbons (Fsp3) is 0.500. The highest BCUT2D eigenvalue weighted by molar-refractivity contribution is 7.98. The summed E-state index contributed by atoms with van der Waals surface area (Å²) < 4.78 is 12.9. The van der Waals surface area contributed by atoms with Crippen LogP contribution in [0.15, 0.2) is 18.2 Å². The number of thioether (sulfide) groups is 1. The van der Waals surface area contributed by atoms with Gasteiger partial charge in [0.1, 0.15) is 5.82 Å². The van der Waals surface area contributed by atoms with E-state index in [-0.39, 0.29) is 5.82 Å². The average molecular weight is 227 g/mol. The molecule has 0 unspecified atom stereocenters. The van der Waals surface area contributed by atoms with E-state index in [1.165, 1.54) is 18.2 Å². The van der Waals surface area contributed by atoms with Crippen LogP contribution >= 0.6 is 11.8 Å². The zero-order valence-electron chi connectivity index (χ0n) is 9.35. The Balaban J connectivity index is 2.33. The molecule has 0 spiro atoms. The molecule has 0 atom stereocenters. The molecule has 15 heavy (non-hydrogen) atoms. The molecule has 0 saturated carbocycles. The first-order chi connectivity index (χ1) is 7.24. The second-order valence-electron chi connectivity index (χ2n) is 3.59. The molecule has 84 valence electrons. The van der Waals surface area contributed by atoms with Crippen molar-refractivity contribution in [2.24, 2.45) is 0 Å². The van der Waals surface area contributed by atoms with Crippen LogP contribution in [0.3, 0.4) is 0 Å². The summed E-state index contributed by atoms with van der Waals surface area (Å²) in [5.41, 5.74) is 2.01. The molecule has 0 aromatic heterocycles. The van der Waals surface area contributed by atoms with Crippen molar-refractivity contribution in [1.29, 1.82) is 0 Å². The van der Waals surface area contributed by atoms with E-state index in [4.69, 9.17) is 0 Å². The normalized spacial score (nSPS) is 10.3. The highest BCUT2D eigenvalue weighted by Gasteiger charge is 1.98. The lowest BCUT2D eigenvalue weighted by Gasteiger charge is -2.09. The van der Waals surface area contributed by atoms with Gasteiger partial charge in [0.15, 0.2) is 0 Å². The van der Waals surface area contributed by atoms with Crippen molar-refractivity contribution in [2.75, 3.05) is 23.9 Å². The Morgan fingerprint density at radius 3 is 2.87 bits per heavy atom. The Morgan fingerprint density at radius 1 is 1.33 bits per heavy atom. The van der Waals surface area contributed by atoms with Gasteiger partial charge < -0.3 is 5.32 Å². The monoisotopic (exact) mass is 227 g/mol. The number of nitrogens with one attached hydrogen (secondary N) is 1. The lowest BCUT2D eigenvalue weighted by atomic mass is 10.2. The number of halogens is 1. The Hall–Kier alpha value is -0.700. The van der Waals surface area contributed by atoms with Crippen molar-refractivity contribution in [1.82, 2.24) is 0 Å². The third-order valence-electron chi connectivity index (χ3n) is 2.29. The largest absolute Gasteiger partial charge is 0.385 e. The van der Waals surface area contributed by atoms with Crippen molar-refractivity contribution in [3.05, 3.63) is 29.6 Å². The fourth-order valence-corrected chi connectivity index (χ4v) is 1.87. The second kappa shape index (κ2) is 6.72. The van der Waals surface area contributed by atoms with E-state index in [2.05, 4.69) is 11.6 Å². The minimum absolute atomic E-state index is 0.174. The Kier molecular flexibility index (Phi) is 5.54. The summed E-state index contributed by atoms with van der Waals surface area (Å²) in [4.78, 5) is 0. The van der Waals surface area contributed by atoms with Gasteiger partial charge in [-0.05, 0) is 49.5 Å². The van der Waals surface area contributed by atoms with E-state index in [1.54, 1.807) is 12.1 Å². The third-order valence-corrected chi connectivity index (χ3v) is 2.99. The molecule has 0 aliphatic carbocycles. The molecule has 1 nitrogen and oxygen atoms in total. The summed E-state index contributed by atoms with van der Waals surface area (Å²) in [6.07, 6.45) is 4.46. The Labute approximate surface area is 95.5 Å². The van der Waals surface area contributed by atoms with Crippen LogP contribution in [0.1, 0.15) is 18.4 Å². The molecular weight excluding hydrogens is 209 g/mol. The molecule has 1 rings (SSSR count). The highest BCUT2D eigenvalue weighted by atomic mass is 32.2. The van der Waals surface area contributed by atoms with Gasteiger partial charge >= 0.3 is 0 Å². The van der Waals surface area contributed by atoms with Crippen molar-refractivity contribution in [3.63, 3.8) is 0 Å². The molecular formula is C12H18FNS. The van der Waals surface area contributed by atoms with E-state index >= 15 is 0 Å². The molecule has 0 amide bonds. The maximum atomic E-state index is 12.9. The maximum Gasteiger partial charge on any atom is 0.125 e. The second-order valence-corrected chi connectivity index (χ2v) is 4.57. The number of hydrogen-bond acceptors (Lipinski definition) is 2. The number of anilines is 1. The molecule has 0 heterocycles. The summed E-state index contributed by atoms with van der Waals surface area (Å²) in [5, 5.41) is 3.26. The van der Waals surface area contributed by atoms with E-state index in [9.17, 15) is 4.39 Å². The average Bonchev–Trinajstić information content (AvgIpc) is 2.23. The van der Waals surface area contributed by atoms with Gasteiger partial charge in [0.25, 0.3) is 0 Å². The predicted molar refractivity (Wildman–Crippen MR) is 67.2 cm³/mol. The first-order valence-corrected chi connectivity index (χ1v) is 6.62. The first kappa shape index (κ1) is 12.4. The lowest BCUT2D eigenvalue weighted by molar-refractivity contribution is 0.627. The van der Waals surface area contributed by atoms with Gasteiger partial charge in [-0.2, -0.15) is 11.8 Å². The van der Waals surface area contributed by atoms with Crippen LogP contribution in [-0.2, 0) is 0 Å². The van der Waals surface area contributed by atoms with Crippen molar-refractivity contribution >= 4 is 17.4 Å². The summed E-state index contributed by atoms with van der Waals surface area (Å²) >= 11 is 1.87. The molecule has 0 bridgehead atoms. The highest BCUT2D eigenvalue weighted by Crippen LogP contribution is 2.15. The summed E-state index contributed by atoms with van der Waals surface area (Å²) in [5.74, 6) is 1.02. The molecule has 1 aromatic carbocycles. The number of benzene rings is 1. The smallest absolute Gasteiger partial charge is 0.125 e. The topological polar surface area (TPSA) is 12.0 Å². The van der Waals surface area contributed by atoms with Gasteiger partial charge in [-0.15, -0.1) is 0 Å². The number of unbranched alkanes of at least 4 members (excludes halogenated alkanes) is 1. The van der Waals surface area contributed by atoms with Gasteiger partial charge in [0, 0.05) is 12.2 Å². The van der Waals surface area contributed by atoms with Gasteiger partial charge in [-0.1, -0.05) is 6.07 Å². The fourth-order valence-electron chi connectivity index (χ4n) is 1.38. The molecule has 0 aliphatic heterocycles. The van der Waals surface area contributed by atoms with Gasteiger partial charge in [0.2, 0.25) is 0 Å². The van der Waals surface area contributed by atoms with Crippen molar-refractivity contribution < 1.29 is 4.39 Å². The van der Waals surface area contributed by atoms with E-state index in [0.29, 0.717) is 0 Å². The first-order valence-electron chi connectivity index (χ1n) is 5.23. The van der Waals surface area contributed by atoms with Crippen LogP contribution < -0.4 is 5.32 Å². The molecule has 3 heteroatoms. The van der Waals surface area contributed by atoms with Crippen LogP contribution in [0.4, 0.5) is 10.1 Å². The molecule has 0 saturated heterocycles. The Bertz CT molecular complexity index is 302. The predicted octanol–water partition coefficient (Wildman–Crippen LogP) is 3.69. The lowest BCUT2D eigenvalue weighted by Crippen LogP contribution is -2.03. The maximum absolute atomic E-state index is 12.9. The van der Waals surface area contributed by atoms with Crippen molar-refractivity contribution in [3.8, 4) is 0 Å². The minimum atomic E-state index is -0.174. The van der Waals surface area contributed by atoms with Gasteiger partial charge in [-0.3, -0.25) is 0 Å². The van der Waals surface area contributed by atoms with Crippen LogP contribution in [0, 0.1) is 12.7 Å². The van der Waals surface area contributed by atoms with Crippen molar-refractivity contribution in [2.45, 2.75) is 19.8 Å². The summed E-state index contributed by atoms with van der Waals surface area (Å²) in [6, 6.07) is 4.86. The van der Waals surface area contributed by atoms with Crippen LogP contribution in [0.2, 0.25) is 0 Å². The zero-order valence-corrected chi connectivity index (χ0v) is 10.2.